The van der Waals surface area contributed by atoms with Gasteiger partial charge in [0, 0.05) is 39.1 Å². The lowest BCUT2D eigenvalue weighted by Gasteiger charge is -2.02. The molecule has 0 aliphatic heterocycles. The molecular weight excluding hydrogens is 188 g/mol. The summed E-state index contributed by atoms with van der Waals surface area (Å²) >= 11 is 0. The van der Waals surface area contributed by atoms with Gasteiger partial charge in [0.15, 0.2) is 0 Å². The second-order valence-corrected chi connectivity index (χ2v) is 3.78. The van der Waals surface area contributed by atoms with Crippen LogP contribution in [-0.4, -0.2) is 24.8 Å². The topological polar surface area (TPSA) is 26.2 Å². The van der Waals surface area contributed by atoms with Crippen LogP contribution in [0.3, 0.4) is 0 Å². The molecule has 0 aliphatic carbocycles. The molecule has 1 rings (SSSR count). The fourth-order valence-electron chi connectivity index (χ4n) is 1.48. The van der Waals surface area contributed by atoms with E-state index in [2.05, 4.69) is 35.3 Å². The lowest BCUT2D eigenvalue weighted by atomic mass is 10.3. The molecule has 3 nitrogen and oxygen atoms in total. The minimum absolute atomic E-state index is 0.774. The van der Waals surface area contributed by atoms with Crippen molar-refractivity contribution in [2.45, 2.75) is 32.9 Å². The van der Waals surface area contributed by atoms with Crippen molar-refractivity contribution in [3.05, 3.63) is 24.0 Å². The molecule has 0 aromatic carbocycles. The molecule has 3 heteroatoms. The van der Waals surface area contributed by atoms with Crippen LogP contribution >= 0.6 is 0 Å². The Morgan fingerprint density at radius 1 is 1.47 bits per heavy atom. The van der Waals surface area contributed by atoms with Crippen molar-refractivity contribution in [3.8, 4) is 0 Å². The van der Waals surface area contributed by atoms with E-state index in [0.717, 1.165) is 26.2 Å². The van der Waals surface area contributed by atoms with Gasteiger partial charge < -0.3 is 14.6 Å². The number of rotatable bonds is 8. The van der Waals surface area contributed by atoms with E-state index in [0.29, 0.717) is 0 Å². The van der Waals surface area contributed by atoms with E-state index in [1.165, 1.54) is 18.4 Å². The summed E-state index contributed by atoms with van der Waals surface area (Å²) in [4.78, 5) is 0. The third-order valence-electron chi connectivity index (χ3n) is 2.39. The van der Waals surface area contributed by atoms with Crippen molar-refractivity contribution in [1.82, 2.24) is 9.88 Å². The normalized spacial score (nSPS) is 10.8. The minimum Gasteiger partial charge on any atom is -0.383 e. The van der Waals surface area contributed by atoms with Gasteiger partial charge in [0.05, 0.1) is 6.61 Å². The second-order valence-electron chi connectivity index (χ2n) is 3.78. The van der Waals surface area contributed by atoms with Crippen LogP contribution in [0.15, 0.2) is 18.5 Å². The van der Waals surface area contributed by atoms with Crippen molar-refractivity contribution in [2.24, 2.45) is 0 Å². The molecular formula is C12H22N2O. The summed E-state index contributed by atoms with van der Waals surface area (Å²) in [5.74, 6) is 0. The smallest absolute Gasteiger partial charge is 0.0587 e. The Bertz CT molecular complexity index is 258. The zero-order valence-electron chi connectivity index (χ0n) is 9.83. The number of hydrogen-bond acceptors (Lipinski definition) is 2. The van der Waals surface area contributed by atoms with Crippen LogP contribution in [0.1, 0.15) is 25.3 Å². The summed E-state index contributed by atoms with van der Waals surface area (Å²) in [6.45, 7) is 5.97. The molecule has 0 unspecified atom stereocenters. The Hall–Kier alpha value is -0.800. The van der Waals surface area contributed by atoms with Crippen LogP contribution in [0.4, 0.5) is 0 Å². The SMILES string of the molecule is CCCCn1ccc(CNCCOC)c1. The second kappa shape index (κ2) is 7.49. The number of nitrogens with zero attached hydrogens (tertiary/aromatic N) is 1. The summed E-state index contributed by atoms with van der Waals surface area (Å²) in [6, 6.07) is 2.18. The summed E-state index contributed by atoms with van der Waals surface area (Å²) in [6.07, 6.45) is 6.88. The standard InChI is InChI=1S/C12H22N2O/c1-3-4-7-14-8-5-12(11-14)10-13-6-9-15-2/h5,8,11,13H,3-4,6-7,9-10H2,1-2H3. The number of hydrogen-bond donors (Lipinski definition) is 1. The monoisotopic (exact) mass is 210 g/mol. The molecule has 1 heterocycles. The van der Waals surface area contributed by atoms with Gasteiger partial charge in [-0.05, 0) is 18.1 Å². The molecule has 1 N–H and O–H groups in total. The Kier molecular flexibility index (Phi) is 6.12. The van der Waals surface area contributed by atoms with E-state index >= 15 is 0 Å². The Morgan fingerprint density at radius 3 is 3.07 bits per heavy atom. The molecule has 1 aromatic heterocycles. The largest absolute Gasteiger partial charge is 0.383 e. The highest BCUT2D eigenvalue weighted by molar-refractivity contribution is 5.09. The Morgan fingerprint density at radius 2 is 2.33 bits per heavy atom. The number of unbranched alkanes of at least 4 members (excludes halogenated alkanes) is 1. The van der Waals surface area contributed by atoms with Gasteiger partial charge in [-0.3, -0.25) is 0 Å². The Balaban J connectivity index is 2.20. The van der Waals surface area contributed by atoms with Gasteiger partial charge in [0.1, 0.15) is 0 Å². The number of nitrogens with one attached hydrogen (secondary N) is 1. The van der Waals surface area contributed by atoms with Gasteiger partial charge in [0.2, 0.25) is 0 Å². The zero-order valence-corrected chi connectivity index (χ0v) is 9.83. The molecule has 15 heavy (non-hydrogen) atoms. The van der Waals surface area contributed by atoms with E-state index in [4.69, 9.17) is 4.74 Å². The molecule has 0 bridgehead atoms. The van der Waals surface area contributed by atoms with Crippen molar-refractivity contribution in [3.63, 3.8) is 0 Å². The van der Waals surface area contributed by atoms with Crippen LogP contribution < -0.4 is 5.32 Å². The summed E-state index contributed by atoms with van der Waals surface area (Å²) in [5, 5.41) is 3.33. The predicted octanol–water partition coefficient (Wildman–Crippen LogP) is 2.02. The maximum absolute atomic E-state index is 4.97. The van der Waals surface area contributed by atoms with Crippen LogP contribution in [0.25, 0.3) is 0 Å². The molecule has 1 aromatic rings. The quantitative estimate of drug-likeness (QED) is 0.664. The number of methoxy groups -OCH3 is 1. The summed E-state index contributed by atoms with van der Waals surface area (Å²) in [5.41, 5.74) is 1.35. The van der Waals surface area contributed by atoms with Gasteiger partial charge in [-0.15, -0.1) is 0 Å². The maximum atomic E-state index is 4.97. The van der Waals surface area contributed by atoms with E-state index in [1.807, 2.05) is 0 Å². The number of ether oxygens (including phenoxy) is 1. The zero-order chi connectivity index (χ0) is 10.9. The maximum Gasteiger partial charge on any atom is 0.0587 e. The van der Waals surface area contributed by atoms with Crippen molar-refractivity contribution in [1.29, 1.82) is 0 Å². The molecule has 0 amide bonds. The molecule has 0 saturated carbocycles. The van der Waals surface area contributed by atoms with Crippen LogP contribution in [0, 0.1) is 0 Å². The Labute approximate surface area is 92.4 Å². The van der Waals surface area contributed by atoms with Gasteiger partial charge in [0.25, 0.3) is 0 Å². The van der Waals surface area contributed by atoms with E-state index in [-0.39, 0.29) is 0 Å². The van der Waals surface area contributed by atoms with Gasteiger partial charge in [-0.2, -0.15) is 0 Å². The highest BCUT2D eigenvalue weighted by Crippen LogP contribution is 2.02. The summed E-state index contributed by atoms with van der Waals surface area (Å²) in [7, 11) is 1.73. The summed E-state index contributed by atoms with van der Waals surface area (Å²) < 4.78 is 7.23. The third-order valence-corrected chi connectivity index (χ3v) is 2.39. The predicted molar refractivity (Wildman–Crippen MR) is 62.9 cm³/mol. The average Bonchev–Trinajstić information content (AvgIpc) is 2.69. The van der Waals surface area contributed by atoms with Crippen LogP contribution in [0.2, 0.25) is 0 Å². The molecule has 0 radical (unpaired) electrons. The van der Waals surface area contributed by atoms with Crippen molar-refractivity contribution < 1.29 is 4.74 Å². The highest BCUT2D eigenvalue weighted by atomic mass is 16.5. The molecule has 0 atom stereocenters. The first-order chi connectivity index (χ1) is 7.36. The van der Waals surface area contributed by atoms with Crippen molar-refractivity contribution >= 4 is 0 Å². The lowest BCUT2D eigenvalue weighted by Crippen LogP contribution is -2.18. The first-order valence-electron chi connectivity index (χ1n) is 5.71. The molecule has 0 spiro atoms. The molecule has 0 saturated heterocycles. The first-order valence-corrected chi connectivity index (χ1v) is 5.71. The lowest BCUT2D eigenvalue weighted by molar-refractivity contribution is 0.199. The molecule has 86 valence electrons. The fraction of sp³-hybridized carbons (Fsp3) is 0.667. The fourth-order valence-corrected chi connectivity index (χ4v) is 1.48. The van der Waals surface area contributed by atoms with Crippen LogP contribution in [0.5, 0.6) is 0 Å². The van der Waals surface area contributed by atoms with Crippen molar-refractivity contribution in [2.75, 3.05) is 20.3 Å². The van der Waals surface area contributed by atoms with Crippen LogP contribution in [-0.2, 0) is 17.8 Å². The van der Waals surface area contributed by atoms with E-state index < -0.39 is 0 Å². The van der Waals surface area contributed by atoms with E-state index in [1.54, 1.807) is 7.11 Å². The molecule has 0 fully saturated rings. The van der Waals surface area contributed by atoms with Gasteiger partial charge >= 0.3 is 0 Å². The third kappa shape index (κ3) is 5.00. The average molecular weight is 210 g/mol. The number of aryl methyl sites for hydroxylation is 1. The molecule has 0 aliphatic rings. The van der Waals surface area contributed by atoms with Gasteiger partial charge in [-0.1, -0.05) is 13.3 Å². The van der Waals surface area contributed by atoms with E-state index in [9.17, 15) is 0 Å². The minimum atomic E-state index is 0.774. The highest BCUT2D eigenvalue weighted by Gasteiger charge is 1.96. The number of aromatic nitrogens is 1. The first kappa shape index (κ1) is 12.3. The van der Waals surface area contributed by atoms with Gasteiger partial charge in [-0.25, -0.2) is 0 Å².